The molecule has 0 aliphatic carbocycles. The molecule has 0 aromatic carbocycles. The first-order valence-corrected chi connectivity index (χ1v) is 6.97. The molecule has 1 aromatic heterocycles. The Labute approximate surface area is 114 Å². The van der Waals surface area contributed by atoms with Crippen LogP contribution in [0, 0.1) is 5.92 Å². The highest BCUT2D eigenvalue weighted by Crippen LogP contribution is 2.22. The van der Waals surface area contributed by atoms with Crippen LogP contribution in [-0.4, -0.2) is 47.9 Å². The molecule has 0 radical (unpaired) electrons. The van der Waals surface area contributed by atoms with Gasteiger partial charge in [-0.3, -0.25) is 4.90 Å². The first-order valence-electron chi connectivity index (χ1n) is 6.97. The van der Waals surface area contributed by atoms with E-state index in [0.717, 1.165) is 32.8 Å². The van der Waals surface area contributed by atoms with Crippen molar-refractivity contribution in [3.05, 3.63) is 11.7 Å². The second-order valence-electron chi connectivity index (χ2n) is 5.54. The Morgan fingerprint density at radius 3 is 2.58 bits per heavy atom. The number of hydrogen-bond donors (Lipinski definition) is 1. The highest BCUT2D eigenvalue weighted by Gasteiger charge is 2.22. The van der Waals surface area contributed by atoms with Gasteiger partial charge in [0.2, 0.25) is 5.89 Å². The van der Waals surface area contributed by atoms with Crippen molar-refractivity contribution in [1.82, 2.24) is 15.0 Å². The molecular formula is C13H24N4O2. The molecule has 108 valence electrons. The third-order valence-electron chi connectivity index (χ3n) is 3.74. The lowest BCUT2D eigenvalue weighted by atomic mass is 9.98. The van der Waals surface area contributed by atoms with Crippen LogP contribution in [0.3, 0.4) is 0 Å². The molecule has 1 aromatic rings. The summed E-state index contributed by atoms with van der Waals surface area (Å²) in [6, 6.07) is -0.199. The Hall–Kier alpha value is -0.980. The van der Waals surface area contributed by atoms with Crippen LogP contribution in [0.1, 0.15) is 44.4 Å². The fraction of sp³-hybridized carbons (Fsp3) is 0.846. The van der Waals surface area contributed by atoms with Crippen LogP contribution >= 0.6 is 0 Å². The molecule has 2 rings (SSSR count). The summed E-state index contributed by atoms with van der Waals surface area (Å²) in [4.78, 5) is 6.71. The summed E-state index contributed by atoms with van der Waals surface area (Å²) in [7, 11) is 0. The smallest absolute Gasteiger partial charge is 0.229 e. The average molecular weight is 268 g/mol. The zero-order valence-electron chi connectivity index (χ0n) is 12.0. The third kappa shape index (κ3) is 3.75. The fourth-order valence-electron chi connectivity index (χ4n) is 2.01. The molecular weight excluding hydrogens is 244 g/mol. The Kier molecular flexibility index (Phi) is 4.90. The number of aromatic nitrogens is 2. The normalized spacial score (nSPS) is 20.7. The standard InChI is InChI=1S/C13H24N4O2/c1-9(2)10(3)13-15-12(16-19-13)11(14)8-17-4-6-18-7-5-17/h9-11H,4-8,14H2,1-3H3. The molecule has 19 heavy (non-hydrogen) atoms. The van der Waals surface area contributed by atoms with Crippen molar-refractivity contribution in [2.24, 2.45) is 11.7 Å². The van der Waals surface area contributed by atoms with E-state index in [9.17, 15) is 0 Å². The molecule has 2 heterocycles. The molecule has 2 N–H and O–H groups in total. The van der Waals surface area contributed by atoms with Crippen LogP contribution in [0.5, 0.6) is 0 Å². The second kappa shape index (κ2) is 6.45. The molecule has 0 saturated carbocycles. The van der Waals surface area contributed by atoms with Crippen molar-refractivity contribution < 1.29 is 9.26 Å². The molecule has 1 fully saturated rings. The summed E-state index contributed by atoms with van der Waals surface area (Å²) in [6.45, 7) is 10.5. The van der Waals surface area contributed by atoms with Gasteiger partial charge in [-0.05, 0) is 5.92 Å². The summed E-state index contributed by atoms with van der Waals surface area (Å²) in [5, 5.41) is 4.02. The van der Waals surface area contributed by atoms with Gasteiger partial charge in [0.1, 0.15) is 0 Å². The van der Waals surface area contributed by atoms with Gasteiger partial charge in [-0.2, -0.15) is 4.98 Å². The van der Waals surface area contributed by atoms with E-state index in [4.69, 9.17) is 15.0 Å². The summed E-state index contributed by atoms with van der Waals surface area (Å²) in [5.74, 6) is 2.03. The Balaban J connectivity index is 1.93. The van der Waals surface area contributed by atoms with E-state index in [1.54, 1.807) is 0 Å². The van der Waals surface area contributed by atoms with E-state index in [1.807, 2.05) is 0 Å². The minimum atomic E-state index is -0.199. The quantitative estimate of drug-likeness (QED) is 0.863. The van der Waals surface area contributed by atoms with Gasteiger partial charge in [0.05, 0.1) is 19.3 Å². The van der Waals surface area contributed by atoms with Crippen LogP contribution in [0.15, 0.2) is 4.52 Å². The molecule has 0 bridgehead atoms. The highest BCUT2D eigenvalue weighted by molar-refractivity contribution is 4.98. The molecule has 1 aliphatic rings. The van der Waals surface area contributed by atoms with E-state index in [1.165, 1.54) is 0 Å². The maximum absolute atomic E-state index is 6.15. The third-order valence-corrected chi connectivity index (χ3v) is 3.74. The highest BCUT2D eigenvalue weighted by atomic mass is 16.5. The number of rotatable bonds is 5. The molecule has 1 aliphatic heterocycles. The lowest BCUT2D eigenvalue weighted by Crippen LogP contribution is -2.40. The predicted octanol–water partition coefficient (Wildman–Crippen LogP) is 1.16. The van der Waals surface area contributed by atoms with Crippen LogP contribution in [0.4, 0.5) is 0 Å². The maximum atomic E-state index is 6.15. The molecule has 6 heteroatoms. The van der Waals surface area contributed by atoms with Gasteiger partial charge in [-0.25, -0.2) is 0 Å². The zero-order valence-corrected chi connectivity index (χ0v) is 12.0. The lowest BCUT2D eigenvalue weighted by molar-refractivity contribution is 0.0348. The molecule has 2 unspecified atom stereocenters. The van der Waals surface area contributed by atoms with E-state index in [2.05, 4.69) is 35.8 Å². The number of ether oxygens (including phenoxy) is 1. The van der Waals surface area contributed by atoms with E-state index in [-0.39, 0.29) is 12.0 Å². The molecule has 6 nitrogen and oxygen atoms in total. The van der Waals surface area contributed by atoms with Gasteiger partial charge in [-0.1, -0.05) is 25.9 Å². The van der Waals surface area contributed by atoms with Gasteiger partial charge in [0, 0.05) is 25.6 Å². The van der Waals surface area contributed by atoms with Gasteiger partial charge < -0.3 is 15.0 Å². The summed E-state index contributed by atoms with van der Waals surface area (Å²) in [5.41, 5.74) is 6.15. The van der Waals surface area contributed by atoms with Crippen molar-refractivity contribution in [2.45, 2.75) is 32.7 Å². The maximum Gasteiger partial charge on any atom is 0.229 e. The van der Waals surface area contributed by atoms with Crippen molar-refractivity contribution in [2.75, 3.05) is 32.8 Å². The van der Waals surface area contributed by atoms with Gasteiger partial charge >= 0.3 is 0 Å². The molecule has 0 spiro atoms. The van der Waals surface area contributed by atoms with Crippen molar-refractivity contribution in [1.29, 1.82) is 0 Å². The molecule has 1 saturated heterocycles. The number of hydrogen-bond acceptors (Lipinski definition) is 6. The lowest BCUT2D eigenvalue weighted by Gasteiger charge is -2.27. The zero-order chi connectivity index (χ0) is 13.8. The van der Waals surface area contributed by atoms with E-state index < -0.39 is 0 Å². The first-order chi connectivity index (χ1) is 9.08. The Morgan fingerprint density at radius 1 is 1.26 bits per heavy atom. The molecule has 2 atom stereocenters. The van der Waals surface area contributed by atoms with Crippen LogP contribution < -0.4 is 5.73 Å². The first kappa shape index (κ1) is 14.4. The predicted molar refractivity (Wildman–Crippen MR) is 71.7 cm³/mol. The van der Waals surface area contributed by atoms with Crippen molar-refractivity contribution in [3.8, 4) is 0 Å². The summed E-state index contributed by atoms with van der Waals surface area (Å²) < 4.78 is 10.6. The minimum absolute atomic E-state index is 0.199. The summed E-state index contributed by atoms with van der Waals surface area (Å²) in [6.07, 6.45) is 0. The molecule has 0 amide bonds. The summed E-state index contributed by atoms with van der Waals surface area (Å²) >= 11 is 0. The average Bonchev–Trinajstić information content (AvgIpc) is 2.88. The fourth-order valence-corrected chi connectivity index (χ4v) is 2.01. The van der Waals surface area contributed by atoms with E-state index >= 15 is 0 Å². The number of nitrogens with two attached hydrogens (primary N) is 1. The minimum Gasteiger partial charge on any atom is -0.379 e. The largest absolute Gasteiger partial charge is 0.379 e. The van der Waals surface area contributed by atoms with Gasteiger partial charge in [0.15, 0.2) is 5.82 Å². The SMILES string of the molecule is CC(C)C(C)c1nc(C(N)CN2CCOCC2)no1. The van der Waals surface area contributed by atoms with Gasteiger partial charge in [-0.15, -0.1) is 0 Å². The van der Waals surface area contributed by atoms with E-state index in [0.29, 0.717) is 17.6 Å². The van der Waals surface area contributed by atoms with Crippen LogP contribution in [-0.2, 0) is 4.74 Å². The van der Waals surface area contributed by atoms with Gasteiger partial charge in [0.25, 0.3) is 0 Å². The Morgan fingerprint density at radius 2 is 1.95 bits per heavy atom. The van der Waals surface area contributed by atoms with Crippen LogP contribution in [0.25, 0.3) is 0 Å². The van der Waals surface area contributed by atoms with Crippen molar-refractivity contribution >= 4 is 0 Å². The monoisotopic (exact) mass is 268 g/mol. The van der Waals surface area contributed by atoms with Crippen LogP contribution in [0.2, 0.25) is 0 Å². The Bertz CT molecular complexity index is 388. The second-order valence-corrected chi connectivity index (χ2v) is 5.54. The number of nitrogens with zero attached hydrogens (tertiary/aromatic N) is 3. The topological polar surface area (TPSA) is 77.4 Å². The number of morpholine rings is 1. The van der Waals surface area contributed by atoms with Crippen molar-refractivity contribution in [3.63, 3.8) is 0 Å².